The standard InChI is InChI=1S/C16H27N3/c1-6-19(12-14(4)5)16-15(8-7-9-18-16)11-17-10-13(2)3/h7-9,13,17H,4,6,10-12H2,1-3,5H3. The number of hydrogen-bond acceptors (Lipinski definition) is 3. The average molecular weight is 261 g/mol. The van der Waals surface area contributed by atoms with E-state index in [4.69, 9.17) is 0 Å². The first-order chi connectivity index (χ1) is 9.04. The van der Waals surface area contributed by atoms with E-state index < -0.39 is 0 Å². The predicted octanol–water partition coefficient (Wildman–Crippen LogP) is 3.23. The molecule has 0 spiro atoms. The molecule has 3 heteroatoms. The normalized spacial score (nSPS) is 10.8. The molecule has 106 valence electrons. The van der Waals surface area contributed by atoms with Crippen LogP contribution < -0.4 is 10.2 Å². The fourth-order valence-corrected chi connectivity index (χ4v) is 2.01. The molecule has 19 heavy (non-hydrogen) atoms. The number of aromatic nitrogens is 1. The minimum absolute atomic E-state index is 0.665. The van der Waals surface area contributed by atoms with Gasteiger partial charge in [0, 0.05) is 31.4 Å². The van der Waals surface area contributed by atoms with Crippen molar-refractivity contribution >= 4 is 5.82 Å². The quantitative estimate of drug-likeness (QED) is 0.728. The van der Waals surface area contributed by atoms with Crippen LogP contribution in [0.5, 0.6) is 0 Å². The van der Waals surface area contributed by atoms with Crippen LogP contribution in [0, 0.1) is 5.92 Å². The molecule has 0 saturated carbocycles. The second-order valence-corrected chi connectivity index (χ2v) is 5.48. The van der Waals surface area contributed by atoms with Crippen LogP contribution in [0.1, 0.15) is 33.3 Å². The molecular weight excluding hydrogens is 234 g/mol. The lowest BCUT2D eigenvalue weighted by atomic mass is 10.2. The summed E-state index contributed by atoms with van der Waals surface area (Å²) in [6.45, 7) is 16.4. The summed E-state index contributed by atoms with van der Waals surface area (Å²) in [5.74, 6) is 1.74. The largest absolute Gasteiger partial charge is 0.353 e. The summed E-state index contributed by atoms with van der Waals surface area (Å²) >= 11 is 0. The first-order valence-electron chi connectivity index (χ1n) is 7.08. The van der Waals surface area contributed by atoms with Crippen molar-refractivity contribution in [2.24, 2.45) is 5.92 Å². The van der Waals surface area contributed by atoms with Gasteiger partial charge in [-0.05, 0) is 32.4 Å². The lowest BCUT2D eigenvalue weighted by Gasteiger charge is -2.24. The van der Waals surface area contributed by atoms with Crippen LogP contribution in [-0.4, -0.2) is 24.6 Å². The molecular formula is C16H27N3. The fraction of sp³-hybridized carbons (Fsp3) is 0.562. The zero-order chi connectivity index (χ0) is 14.3. The zero-order valence-corrected chi connectivity index (χ0v) is 12.7. The highest BCUT2D eigenvalue weighted by Crippen LogP contribution is 2.17. The third-order valence-electron chi connectivity index (χ3n) is 2.88. The molecule has 0 saturated heterocycles. The van der Waals surface area contributed by atoms with Crippen LogP contribution in [0.2, 0.25) is 0 Å². The summed E-state index contributed by atoms with van der Waals surface area (Å²) in [5.41, 5.74) is 2.42. The van der Waals surface area contributed by atoms with Gasteiger partial charge in [0.05, 0.1) is 0 Å². The van der Waals surface area contributed by atoms with E-state index in [1.807, 2.05) is 12.3 Å². The molecule has 0 aliphatic heterocycles. The fourth-order valence-electron chi connectivity index (χ4n) is 2.01. The van der Waals surface area contributed by atoms with Crippen LogP contribution in [0.25, 0.3) is 0 Å². The number of likely N-dealkylation sites (N-methyl/N-ethyl adjacent to an activating group) is 1. The van der Waals surface area contributed by atoms with Gasteiger partial charge in [-0.15, -0.1) is 0 Å². The van der Waals surface area contributed by atoms with Gasteiger partial charge in [0.25, 0.3) is 0 Å². The molecule has 1 N–H and O–H groups in total. The molecule has 1 aromatic heterocycles. The SMILES string of the molecule is C=C(C)CN(CC)c1ncccc1CNCC(C)C. The molecule has 0 radical (unpaired) electrons. The monoisotopic (exact) mass is 261 g/mol. The minimum atomic E-state index is 0.665. The number of nitrogens with one attached hydrogen (secondary N) is 1. The number of rotatable bonds is 8. The van der Waals surface area contributed by atoms with Crippen molar-refractivity contribution < 1.29 is 0 Å². The highest BCUT2D eigenvalue weighted by Gasteiger charge is 2.10. The molecule has 0 aliphatic carbocycles. The lowest BCUT2D eigenvalue weighted by molar-refractivity contribution is 0.551. The van der Waals surface area contributed by atoms with Gasteiger partial charge in [-0.2, -0.15) is 0 Å². The van der Waals surface area contributed by atoms with Crippen LogP contribution in [0.4, 0.5) is 5.82 Å². The van der Waals surface area contributed by atoms with Crippen molar-refractivity contribution in [1.82, 2.24) is 10.3 Å². The van der Waals surface area contributed by atoms with E-state index in [9.17, 15) is 0 Å². The Morgan fingerprint density at radius 2 is 2.21 bits per heavy atom. The molecule has 1 heterocycles. The van der Waals surface area contributed by atoms with Gasteiger partial charge >= 0.3 is 0 Å². The van der Waals surface area contributed by atoms with Crippen LogP contribution in [0.3, 0.4) is 0 Å². The minimum Gasteiger partial charge on any atom is -0.353 e. The molecule has 0 unspecified atom stereocenters. The van der Waals surface area contributed by atoms with Crippen molar-refractivity contribution in [3.8, 4) is 0 Å². The maximum atomic E-state index is 4.55. The van der Waals surface area contributed by atoms with Gasteiger partial charge in [0.2, 0.25) is 0 Å². The van der Waals surface area contributed by atoms with Crippen molar-refractivity contribution in [2.75, 3.05) is 24.5 Å². The van der Waals surface area contributed by atoms with Gasteiger partial charge in [-0.25, -0.2) is 4.98 Å². The predicted molar refractivity (Wildman–Crippen MR) is 83.5 cm³/mol. The first-order valence-corrected chi connectivity index (χ1v) is 7.08. The number of nitrogens with zero attached hydrogens (tertiary/aromatic N) is 2. The van der Waals surface area contributed by atoms with E-state index >= 15 is 0 Å². The maximum absolute atomic E-state index is 4.55. The van der Waals surface area contributed by atoms with E-state index in [1.165, 1.54) is 5.56 Å². The summed E-state index contributed by atoms with van der Waals surface area (Å²) in [6, 6.07) is 4.15. The zero-order valence-electron chi connectivity index (χ0n) is 12.7. The average Bonchev–Trinajstić information content (AvgIpc) is 2.36. The summed E-state index contributed by atoms with van der Waals surface area (Å²) in [7, 11) is 0. The molecule has 1 aromatic rings. The Labute approximate surface area is 117 Å². The summed E-state index contributed by atoms with van der Waals surface area (Å²) in [4.78, 5) is 6.82. The molecule has 3 nitrogen and oxygen atoms in total. The Balaban J connectivity index is 2.78. The van der Waals surface area contributed by atoms with Gasteiger partial charge < -0.3 is 10.2 Å². The second-order valence-electron chi connectivity index (χ2n) is 5.48. The van der Waals surface area contributed by atoms with E-state index in [2.05, 4.69) is 55.5 Å². The smallest absolute Gasteiger partial charge is 0.133 e. The molecule has 0 fully saturated rings. The van der Waals surface area contributed by atoms with Gasteiger partial charge in [-0.3, -0.25) is 0 Å². The molecule has 0 atom stereocenters. The molecule has 0 aliphatic rings. The third-order valence-corrected chi connectivity index (χ3v) is 2.88. The maximum Gasteiger partial charge on any atom is 0.133 e. The molecule has 0 amide bonds. The van der Waals surface area contributed by atoms with Crippen LogP contribution >= 0.6 is 0 Å². The number of hydrogen-bond donors (Lipinski definition) is 1. The molecule has 0 aromatic carbocycles. The summed E-state index contributed by atoms with van der Waals surface area (Å²) in [5, 5.41) is 3.48. The second kappa shape index (κ2) is 7.95. The van der Waals surface area contributed by atoms with Crippen LogP contribution in [0.15, 0.2) is 30.5 Å². The number of anilines is 1. The Hall–Kier alpha value is -1.35. The Bertz CT molecular complexity index is 399. The molecule has 1 rings (SSSR count). The molecule has 0 bridgehead atoms. The van der Waals surface area contributed by atoms with Crippen LogP contribution in [-0.2, 0) is 6.54 Å². The summed E-state index contributed by atoms with van der Waals surface area (Å²) in [6.07, 6.45) is 1.86. The van der Waals surface area contributed by atoms with E-state index in [1.54, 1.807) is 0 Å². The van der Waals surface area contributed by atoms with E-state index in [0.29, 0.717) is 5.92 Å². The van der Waals surface area contributed by atoms with Crippen molar-refractivity contribution in [2.45, 2.75) is 34.2 Å². The Morgan fingerprint density at radius 1 is 1.47 bits per heavy atom. The first kappa shape index (κ1) is 15.7. The number of pyridine rings is 1. The summed E-state index contributed by atoms with van der Waals surface area (Å²) < 4.78 is 0. The topological polar surface area (TPSA) is 28.2 Å². The van der Waals surface area contributed by atoms with Gasteiger partial charge in [0.1, 0.15) is 5.82 Å². The van der Waals surface area contributed by atoms with E-state index in [0.717, 1.165) is 37.6 Å². The van der Waals surface area contributed by atoms with Crippen molar-refractivity contribution in [3.05, 3.63) is 36.0 Å². The lowest BCUT2D eigenvalue weighted by Crippen LogP contribution is -2.28. The van der Waals surface area contributed by atoms with Gasteiger partial charge in [-0.1, -0.05) is 32.1 Å². The Kier molecular flexibility index (Phi) is 6.57. The highest BCUT2D eigenvalue weighted by atomic mass is 15.2. The van der Waals surface area contributed by atoms with Gasteiger partial charge in [0.15, 0.2) is 0 Å². The Morgan fingerprint density at radius 3 is 2.79 bits per heavy atom. The van der Waals surface area contributed by atoms with Crippen molar-refractivity contribution in [1.29, 1.82) is 0 Å². The van der Waals surface area contributed by atoms with E-state index in [-0.39, 0.29) is 0 Å². The van der Waals surface area contributed by atoms with Crippen molar-refractivity contribution in [3.63, 3.8) is 0 Å². The third kappa shape index (κ3) is 5.43. The highest BCUT2D eigenvalue weighted by molar-refractivity contribution is 5.47.